The molecule has 2 rings (SSSR count). The Morgan fingerprint density at radius 2 is 1.89 bits per heavy atom. The molecular weight excluding hydrogens is 294 g/mol. The molecule has 1 atom stereocenters. The predicted octanol–water partition coefficient (Wildman–Crippen LogP) is -0.464. The van der Waals surface area contributed by atoms with Crippen molar-refractivity contribution in [2.24, 2.45) is 0 Å². The maximum absolute atomic E-state index is 12.0. The number of rotatable bonds is 2. The van der Waals surface area contributed by atoms with E-state index in [-0.39, 0.29) is 24.6 Å². The lowest BCUT2D eigenvalue weighted by Gasteiger charge is -2.22. The summed E-state index contributed by atoms with van der Waals surface area (Å²) in [5.41, 5.74) is 0.101. The second-order valence-corrected chi connectivity index (χ2v) is 9.91. The quantitative estimate of drug-likeness (QED) is 0.742. The van der Waals surface area contributed by atoms with Crippen LogP contribution in [0.1, 0.15) is 0 Å². The van der Waals surface area contributed by atoms with Gasteiger partial charge in [-0.1, -0.05) is 12.1 Å². The van der Waals surface area contributed by atoms with Crippen LogP contribution < -0.4 is 9.04 Å². The first-order valence-corrected chi connectivity index (χ1v) is 9.21. The number of hydrogen-bond donors (Lipinski definition) is 1. The van der Waals surface area contributed by atoms with Gasteiger partial charge in [0.25, 0.3) is 8.87 Å². The number of anilines is 1. The van der Waals surface area contributed by atoms with Crippen LogP contribution in [-0.2, 0) is 17.9 Å². The van der Waals surface area contributed by atoms with E-state index in [2.05, 4.69) is 0 Å². The predicted molar refractivity (Wildman–Crippen MR) is 69.1 cm³/mol. The summed E-state index contributed by atoms with van der Waals surface area (Å²) < 4.78 is 52.8. The Hall–Kier alpha value is -1.32. The number of para-hydroxylation sites is 2. The first-order chi connectivity index (χ1) is 8.73. The van der Waals surface area contributed by atoms with Crippen molar-refractivity contribution in [1.29, 1.82) is 0 Å². The number of nitrogens with zero attached hydrogens (tertiary/aromatic N) is 1. The van der Waals surface area contributed by atoms with Gasteiger partial charge in [0.1, 0.15) is 18.5 Å². The Balaban J connectivity index is 2.62. The first kappa shape index (κ1) is 14.1. The summed E-state index contributed by atoms with van der Waals surface area (Å²) in [5, 5.41) is 9.63. The van der Waals surface area contributed by atoms with E-state index in [1.54, 1.807) is 12.1 Å². The highest BCUT2D eigenvalue weighted by Crippen LogP contribution is 2.33. The standard InChI is InChI=1S/C10H13NO6S2/c1-18(13,14)19(15,16)11-6-8(12)7-17-10-5-3-2-4-9(10)11/h2-5,8,12H,6-7H2,1H3. The molecule has 1 aromatic carbocycles. The van der Waals surface area contributed by atoms with Crippen molar-refractivity contribution in [2.45, 2.75) is 6.10 Å². The highest BCUT2D eigenvalue weighted by molar-refractivity contribution is 8.67. The highest BCUT2D eigenvalue weighted by Gasteiger charge is 2.37. The number of β-amino-alcohol motifs (C(OH)–C–C–N with tert-alkyl or cyclic N) is 1. The van der Waals surface area contributed by atoms with Crippen LogP contribution in [0.4, 0.5) is 5.69 Å². The van der Waals surface area contributed by atoms with Crippen LogP contribution in [0.25, 0.3) is 0 Å². The van der Waals surface area contributed by atoms with Crippen molar-refractivity contribution in [1.82, 2.24) is 0 Å². The minimum absolute atomic E-state index is 0.101. The van der Waals surface area contributed by atoms with Gasteiger partial charge >= 0.3 is 9.06 Å². The molecule has 0 saturated carbocycles. The van der Waals surface area contributed by atoms with Gasteiger partial charge in [-0.15, -0.1) is 0 Å². The van der Waals surface area contributed by atoms with Gasteiger partial charge in [-0.3, -0.25) is 4.31 Å². The Kier molecular flexibility index (Phi) is 3.45. The van der Waals surface area contributed by atoms with E-state index in [0.717, 1.165) is 0 Å². The molecule has 106 valence electrons. The highest BCUT2D eigenvalue weighted by atomic mass is 33.2. The molecule has 0 amide bonds. The summed E-state index contributed by atoms with van der Waals surface area (Å²) in [7, 11) is -8.96. The molecule has 0 saturated heterocycles. The zero-order valence-corrected chi connectivity index (χ0v) is 11.7. The van der Waals surface area contributed by atoms with Gasteiger partial charge in [0.2, 0.25) is 0 Å². The molecule has 1 aliphatic rings. The van der Waals surface area contributed by atoms with Crippen LogP contribution in [0.2, 0.25) is 0 Å². The molecule has 1 aliphatic heterocycles. The minimum atomic E-state index is -4.60. The fourth-order valence-electron chi connectivity index (χ4n) is 1.69. The van der Waals surface area contributed by atoms with Crippen LogP contribution in [0.3, 0.4) is 0 Å². The monoisotopic (exact) mass is 307 g/mol. The van der Waals surface area contributed by atoms with Gasteiger partial charge in [-0.05, 0) is 12.1 Å². The normalized spacial score (nSPS) is 20.3. The average molecular weight is 307 g/mol. The number of benzene rings is 1. The number of fused-ring (bicyclic) bond motifs is 1. The van der Waals surface area contributed by atoms with Gasteiger partial charge in [0, 0.05) is 0 Å². The van der Waals surface area contributed by atoms with Gasteiger partial charge in [-0.25, -0.2) is 8.42 Å². The maximum Gasteiger partial charge on any atom is 0.341 e. The molecule has 1 N–H and O–H groups in total. The number of aliphatic hydroxyl groups is 1. The fraction of sp³-hybridized carbons (Fsp3) is 0.400. The SMILES string of the molecule is CS(=O)(=O)S(=O)(=O)N1CC(O)COc2ccccc21. The molecule has 0 radical (unpaired) electrons. The van der Waals surface area contributed by atoms with E-state index in [4.69, 9.17) is 4.74 Å². The fourth-order valence-corrected chi connectivity index (χ4v) is 4.17. The largest absolute Gasteiger partial charge is 0.489 e. The lowest BCUT2D eigenvalue weighted by atomic mass is 10.3. The molecule has 0 bridgehead atoms. The zero-order chi connectivity index (χ0) is 14.3. The molecule has 7 nitrogen and oxygen atoms in total. The summed E-state index contributed by atoms with van der Waals surface area (Å²) in [6, 6.07) is 6.13. The summed E-state index contributed by atoms with van der Waals surface area (Å²) in [4.78, 5) is 0. The summed E-state index contributed by atoms with van der Waals surface area (Å²) in [6.45, 7) is -0.473. The maximum atomic E-state index is 12.0. The van der Waals surface area contributed by atoms with Crippen LogP contribution in [0.5, 0.6) is 5.75 Å². The number of ether oxygens (including phenoxy) is 1. The van der Waals surface area contributed by atoms with E-state index < -0.39 is 24.0 Å². The van der Waals surface area contributed by atoms with Crippen LogP contribution in [-0.4, -0.2) is 47.5 Å². The van der Waals surface area contributed by atoms with Gasteiger partial charge in [0.05, 0.1) is 18.5 Å². The first-order valence-electron chi connectivity index (χ1n) is 5.36. The third-order valence-electron chi connectivity index (χ3n) is 2.59. The molecule has 0 aliphatic carbocycles. The van der Waals surface area contributed by atoms with Crippen LogP contribution in [0.15, 0.2) is 24.3 Å². The average Bonchev–Trinajstić information content (AvgIpc) is 2.48. The van der Waals surface area contributed by atoms with Crippen molar-refractivity contribution in [3.05, 3.63) is 24.3 Å². The zero-order valence-electron chi connectivity index (χ0n) is 10.1. The second kappa shape index (κ2) is 4.66. The molecule has 1 unspecified atom stereocenters. The van der Waals surface area contributed by atoms with E-state index in [0.29, 0.717) is 10.6 Å². The third kappa shape index (κ3) is 2.53. The van der Waals surface area contributed by atoms with E-state index in [9.17, 15) is 21.9 Å². The Bertz CT molecular complexity index is 682. The number of aliphatic hydroxyl groups excluding tert-OH is 1. The third-order valence-corrected chi connectivity index (χ3v) is 7.08. The van der Waals surface area contributed by atoms with Gasteiger partial charge in [0.15, 0.2) is 0 Å². The van der Waals surface area contributed by atoms with Crippen molar-refractivity contribution >= 4 is 23.6 Å². The van der Waals surface area contributed by atoms with E-state index >= 15 is 0 Å². The van der Waals surface area contributed by atoms with Crippen molar-refractivity contribution in [2.75, 3.05) is 23.7 Å². The van der Waals surface area contributed by atoms with Crippen LogP contribution >= 0.6 is 0 Å². The summed E-state index contributed by atoms with van der Waals surface area (Å²) >= 11 is 0. The second-order valence-electron chi connectivity index (χ2n) is 4.13. The molecule has 19 heavy (non-hydrogen) atoms. The Labute approximate surface area is 110 Å². The molecule has 0 fully saturated rings. The van der Waals surface area contributed by atoms with Crippen molar-refractivity contribution < 1.29 is 26.7 Å². The lowest BCUT2D eigenvalue weighted by molar-refractivity contribution is 0.121. The van der Waals surface area contributed by atoms with E-state index in [1.165, 1.54) is 12.1 Å². The Morgan fingerprint density at radius 1 is 1.26 bits per heavy atom. The lowest BCUT2D eigenvalue weighted by Crippen LogP contribution is -2.40. The summed E-state index contributed by atoms with van der Waals surface area (Å²) in [6.07, 6.45) is -0.493. The molecule has 0 aromatic heterocycles. The topological polar surface area (TPSA) is 101 Å². The number of hydrogen-bond acceptors (Lipinski definition) is 6. The Morgan fingerprint density at radius 3 is 2.53 bits per heavy atom. The van der Waals surface area contributed by atoms with Crippen molar-refractivity contribution in [3.63, 3.8) is 0 Å². The van der Waals surface area contributed by atoms with E-state index in [1.807, 2.05) is 0 Å². The van der Waals surface area contributed by atoms with Gasteiger partial charge in [-0.2, -0.15) is 8.42 Å². The smallest absolute Gasteiger partial charge is 0.341 e. The molecule has 1 heterocycles. The molecular formula is C10H13NO6S2. The van der Waals surface area contributed by atoms with Crippen LogP contribution in [0, 0.1) is 0 Å². The summed E-state index contributed by atoms with van der Waals surface area (Å²) in [5.74, 6) is 0.214. The molecule has 0 spiro atoms. The molecule has 9 heteroatoms. The molecule has 1 aromatic rings. The van der Waals surface area contributed by atoms with Crippen molar-refractivity contribution in [3.8, 4) is 5.75 Å². The minimum Gasteiger partial charge on any atom is -0.489 e. The van der Waals surface area contributed by atoms with Gasteiger partial charge < -0.3 is 9.84 Å².